The fraction of sp³-hybridized carbons (Fsp3) is 0.583. The van der Waals surface area contributed by atoms with Crippen molar-refractivity contribution in [1.82, 2.24) is 0 Å². The van der Waals surface area contributed by atoms with Gasteiger partial charge in [0.2, 0.25) is 0 Å². The molecule has 0 saturated carbocycles. The highest BCUT2D eigenvalue weighted by molar-refractivity contribution is 5.88. The predicted octanol–water partition coefficient (Wildman–Crippen LogP) is 7.38. The summed E-state index contributed by atoms with van der Waals surface area (Å²) in [5.74, 6) is 0. The molecule has 0 radical (unpaired) electrons. The SMILES string of the molecule is CCCCCCCCCCCC(N)c1c(C)c(C)cc2ccccc12. The first-order chi connectivity index (χ1) is 12.1. The van der Waals surface area contributed by atoms with Crippen LogP contribution in [-0.4, -0.2) is 0 Å². The molecule has 1 unspecified atom stereocenters. The average Bonchev–Trinajstić information content (AvgIpc) is 2.61. The number of rotatable bonds is 11. The number of benzene rings is 2. The van der Waals surface area contributed by atoms with E-state index in [0.29, 0.717) is 0 Å². The molecule has 138 valence electrons. The second-order valence-corrected chi connectivity index (χ2v) is 7.68. The van der Waals surface area contributed by atoms with Crippen LogP contribution in [0.5, 0.6) is 0 Å². The van der Waals surface area contributed by atoms with Gasteiger partial charge in [0.25, 0.3) is 0 Å². The van der Waals surface area contributed by atoms with Crippen molar-refractivity contribution in [3.63, 3.8) is 0 Å². The molecule has 0 aromatic heterocycles. The summed E-state index contributed by atoms with van der Waals surface area (Å²) >= 11 is 0. The topological polar surface area (TPSA) is 26.0 Å². The standard InChI is InChI=1S/C24H37N/c1-4-5-6-7-8-9-10-11-12-17-23(25)24-20(3)19(2)18-21-15-13-14-16-22(21)24/h13-16,18,23H,4-12,17,25H2,1-3H3. The molecule has 2 rings (SSSR count). The van der Waals surface area contributed by atoms with E-state index in [1.807, 2.05) is 0 Å². The Labute approximate surface area is 155 Å². The molecule has 0 aliphatic heterocycles. The molecule has 1 heteroatoms. The van der Waals surface area contributed by atoms with Crippen LogP contribution in [0.15, 0.2) is 30.3 Å². The highest BCUT2D eigenvalue weighted by Gasteiger charge is 2.14. The Morgan fingerprint density at radius 3 is 2.12 bits per heavy atom. The van der Waals surface area contributed by atoms with Crippen LogP contribution in [0, 0.1) is 13.8 Å². The molecule has 0 fully saturated rings. The largest absolute Gasteiger partial charge is 0.324 e. The van der Waals surface area contributed by atoms with Gasteiger partial charge in [0.1, 0.15) is 0 Å². The monoisotopic (exact) mass is 339 g/mol. The normalized spacial score (nSPS) is 12.6. The number of fused-ring (bicyclic) bond motifs is 1. The van der Waals surface area contributed by atoms with E-state index < -0.39 is 0 Å². The summed E-state index contributed by atoms with van der Waals surface area (Å²) in [5, 5.41) is 2.66. The average molecular weight is 340 g/mol. The highest BCUT2D eigenvalue weighted by atomic mass is 14.6. The van der Waals surface area contributed by atoms with E-state index in [2.05, 4.69) is 51.1 Å². The van der Waals surface area contributed by atoms with E-state index >= 15 is 0 Å². The molecule has 0 saturated heterocycles. The van der Waals surface area contributed by atoms with Crippen molar-refractivity contribution < 1.29 is 0 Å². The zero-order valence-electron chi connectivity index (χ0n) is 16.6. The van der Waals surface area contributed by atoms with Crippen LogP contribution in [0.3, 0.4) is 0 Å². The molecule has 2 aromatic carbocycles. The molecule has 2 aromatic rings. The fourth-order valence-electron chi connectivity index (χ4n) is 3.92. The van der Waals surface area contributed by atoms with Crippen molar-refractivity contribution in [2.75, 3.05) is 0 Å². The lowest BCUT2D eigenvalue weighted by molar-refractivity contribution is 0.532. The van der Waals surface area contributed by atoms with E-state index in [-0.39, 0.29) is 6.04 Å². The molecule has 2 N–H and O–H groups in total. The van der Waals surface area contributed by atoms with E-state index in [1.54, 1.807) is 0 Å². The number of nitrogens with two attached hydrogens (primary N) is 1. The predicted molar refractivity (Wildman–Crippen MR) is 112 cm³/mol. The van der Waals surface area contributed by atoms with Gasteiger partial charge in [-0.1, -0.05) is 95.0 Å². The first kappa shape index (κ1) is 20.0. The van der Waals surface area contributed by atoms with Gasteiger partial charge in [-0.05, 0) is 47.7 Å². The summed E-state index contributed by atoms with van der Waals surface area (Å²) in [5.41, 5.74) is 10.7. The summed E-state index contributed by atoms with van der Waals surface area (Å²) < 4.78 is 0. The Morgan fingerprint density at radius 1 is 0.840 bits per heavy atom. The summed E-state index contributed by atoms with van der Waals surface area (Å²) in [6, 6.07) is 11.1. The van der Waals surface area contributed by atoms with Gasteiger partial charge in [0.05, 0.1) is 0 Å². The van der Waals surface area contributed by atoms with E-state index in [9.17, 15) is 0 Å². The van der Waals surface area contributed by atoms with Crippen molar-refractivity contribution >= 4 is 10.8 Å². The first-order valence-corrected chi connectivity index (χ1v) is 10.4. The molecule has 0 spiro atoms. The number of unbranched alkanes of at least 4 members (excludes halogenated alkanes) is 8. The summed E-state index contributed by atoms with van der Waals surface area (Å²) in [6.07, 6.45) is 13.4. The molecule has 0 aliphatic rings. The Balaban J connectivity index is 1.82. The molecule has 0 amide bonds. The molecule has 0 heterocycles. The summed E-state index contributed by atoms with van der Waals surface area (Å²) in [7, 11) is 0. The zero-order valence-corrected chi connectivity index (χ0v) is 16.6. The molecular weight excluding hydrogens is 302 g/mol. The summed E-state index contributed by atoms with van der Waals surface area (Å²) in [4.78, 5) is 0. The van der Waals surface area contributed by atoms with Gasteiger partial charge in [-0.2, -0.15) is 0 Å². The number of aryl methyl sites for hydroxylation is 1. The van der Waals surface area contributed by atoms with Gasteiger partial charge < -0.3 is 5.73 Å². The van der Waals surface area contributed by atoms with Gasteiger partial charge in [-0.15, -0.1) is 0 Å². The zero-order chi connectivity index (χ0) is 18.1. The van der Waals surface area contributed by atoms with Gasteiger partial charge in [-0.3, -0.25) is 0 Å². The maximum absolute atomic E-state index is 6.63. The minimum Gasteiger partial charge on any atom is -0.324 e. The van der Waals surface area contributed by atoms with Gasteiger partial charge >= 0.3 is 0 Å². The van der Waals surface area contributed by atoms with E-state index in [4.69, 9.17) is 5.73 Å². The second kappa shape index (κ2) is 10.6. The summed E-state index contributed by atoms with van der Waals surface area (Å²) in [6.45, 7) is 6.71. The van der Waals surface area contributed by atoms with Gasteiger partial charge in [-0.25, -0.2) is 0 Å². The fourth-order valence-corrected chi connectivity index (χ4v) is 3.92. The van der Waals surface area contributed by atoms with Crippen molar-refractivity contribution in [1.29, 1.82) is 0 Å². The molecule has 25 heavy (non-hydrogen) atoms. The van der Waals surface area contributed by atoms with Crippen LogP contribution >= 0.6 is 0 Å². The number of hydrogen-bond donors (Lipinski definition) is 1. The molecule has 0 aliphatic carbocycles. The Bertz CT molecular complexity index is 644. The smallest absolute Gasteiger partial charge is 0.0303 e. The minimum atomic E-state index is 0.161. The first-order valence-electron chi connectivity index (χ1n) is 10.4. The highest BCUT2D eigenvalue weighted by Crippen LogP contribution is 2.31. The van der Waals surface area contributed by atoms with Crippen LogP contribution in [0.1, 0.15) is 93.9 Å². The quantitative estimate of drug-likeness (QED) is 0.425. The Morgan fingerprint density at radius 2 is 1.44 bits per heavy atom. The number of hydrogen-bond acceptors (Lipinski definition) is 1. The molecular formula is C24H37N. The lowest BCUT2D eigenvalue weighted by Crippen LogP contribution is -2.13. The van der Waals surface area contributed by atoms with Gasteiger partial charge in [0, 0.05) is 6.04 Å². The van der Waals surface area contributed by atoms with Crippen LogP contribution in [0.2, 0.25) is 0 Å². The lowest BCUT2D eigenvalue weighted by Gasteiger charge is -2.19. The molecule has 0 bridgehead atoms. The van der Waals surface area contributed by atoms with Crippen molar-refractivity contribution in [2.24, 2.45) is 5.73 Å². The van der Waals surface area contributed by atoms with Crippen LogP contribution in [0.4, 0.5) is 0 Å². The molecule has 1 atom stereocenters. The van der Waals surface area contributed by atoms with E-state index in [1.165, 1.54) is 85.3 Å². The van der Waals surface area contributed by atoms with Crippen LogP contribution in [-0.2, 0) is 0 Å². The third kappa shape index (κ3) is 5.85. The third-order valence-corrected chi connectivity index (χ3v) is 5.61. The van der Waals surface area contributed by atoms with Crippen molar-refractivity contribution in [2.45, 2.75) is 91.0 Å². The third-order valence-electron chi connectivity index (χ3n) is 5.61. The maximum Gasteiger partial charge on any atom is 0.0303 e. The van der Waals surface area contributed by atoms with Crippen LogP contribution in [0.25, 0.3) is 10.8 Å². The second-order valence-electron chi connectivity index (χ2n) is 7.68. The molecule has 1 nitrogen and oxygen atoms in total. The lowest BCUT2D eigenvalue weighted by atomic mass is 9.89. The Hall–Kier alpha value is -1.34. The van der Waals surface area contributed by atoms with Crippen molar-refractivity contribution in [3.05, 3.63) is 47.0 Å². The Kier molecular flexibility index (Phi) is 8.48. The van der Waals surface area contributed by atoms with E-state index in [0.717, 1.165) is 6.42 Å². The maximum atomic E-state index is 6.63. The van der Waals surface area contributed by atoms with Crippen molar-refractivity contribution in [3.8, 4) is 0 Å². The minimum absolute atomic E-state index is 0.161. The van der Waals surface area contributed by atoms with Gasteiger partial charge in [0.15, 0.2) is 0 Å². The van der Waals surface area contributed by atoms with Crippen LogP contribution < -0.4 is 5.73 Å².